The predicted molar refractivity (Wildman–Crippen MR) is 73.8 cm³/mol. The normalized spacial score (nSPS) is 10.5. The molecule has 0 amide bonds. The Kier molecular flexibility index (Phi) is 3.86. The third kappa shape index (κ3) is 3.14. The van der Waals surface area contributed by atoms with Crippen molar-refractivity contribution in [3.05, 3.63) is 35.7 Å². The molecular weight excluding hydrogens is 238 g/mol. The summed E-state index contributed by atoms with van der Waals surface area (Å²) in [6.07, 6.45) is 0.496. The van der Waals surface area contributed by atoms with Crippen molar-refractivity contribution in [1.82, 2.24) is 9.97 Å². The van der Waals surface area contributed by atoms with Gasteiger partial charge in [0.05, 0.1) is 24.3 Å². The fraction of sp³-hybridized carbons (Fsp3) is 0.333. The second-order valence-electron chi connectivity index (χ2n) is 4.68. The highest BCUT2D eigenvalue weighted by Crippen LogP contribution is 2.22. The molecule has 1 aromatic heterocycles. The number of nitriles is 1. The Balaban J connectivity index is 2.22. The quantitative estimate of drug-likeness (QED) is 0.912. The number of hydrogen-bond donors (Lipinski definition) is 1. The van der Waals surface area contributed by atoms with E-state index in [-0.39, 0.29) is 6.10 Å². The second-order valence-corrected chi connectivity index (χ2v) is 4.68. The molecule has 0 atom stereocenters. The van der Waals surface area contributed by atoms with Crippen molar-refractivity contribution in [3.8, 4) is 23.2 Å². The van der Waals surface area contributed by atoms with E-state index >= 15 is 0 Å². The average Bonchev–Trinajstić information content (AvgIpc) is 2.72. The van der Waals surface area contributed by atoms with Crippen LogP contribution in [0.3, 0.4) is 0 Å². The van der Waals surface area contributed by atoms with Gasteiger partial charge in [-0.05, 0) is 45.0 Å². The molecule has 0 aliphatic carbocycles. The summed E-state index contributed by atoms with van der Waals surface area (Å²) in [5.74, 6) is 1.64. The lowest BCUT2D eigenvalue weighted by Crippen LogP contribution is -2.05. The standard InChI is InChI=1S/C15H17N3O/c1-10(2)19-13-6-4-12(5-7-13)15-17-11(3)14(18-15)8-9-16/h4-7,10H,8H2,1-3H3,(H,17,18). The van der Waals surface area contributed by atoms with Crippen molar-refractivity contribution >= 4 is 0 Å². The van der Waals surface area contributed by atoms with Crippen LogP contribution in [0.5, 0.6) is 5.75 Å². The van der Waals surface area contributed by atoms with Crippen LogP contribution in [-0.2, 0) is 6.42 Å². The Hall–Kier alpha value is -2.28. The smallest absolute Gasteiger partial charge is 0.137 e. The minimum atomic E-state index is 0.166. The Morgan fingerprint density at radius 3 is 2.58 bits per heavy atom. The van der Waals surface area contributed by atoms with Gasteiger partial charge in [0.2, 0.25) is 0 Å². The summed E-state index contributed by atoms with van der Waals surface area (Å²) in [7, 11) is 0. The first kappa shape index (κ1) is 13.2. The number of nitrogens with zero attached hydrogens (tertiary/aromatic N) is 2. The van der Waals surface area contributed by atoms with Crippen LogP contribution in [0.25, 0.3) is 11.4 Å². The monoisotopic (exact) mass is 255 g/mol. The fourth-order valence-corrected chi connectivity index (χ4v) is 1.84. The number of nitrogens with one attached hydrogen (secondary N) is 1. The molecule has 1 aromatic carbocycles. The van der Waals surface area contributed by atoms with Gasteiger partial charge in [0.15, 0.2) is 0 Å². The van der Waals surface area contributed by atoms with Crippen LogP contribution in [0.1, 0.15) is 25.2 Å². The molecule has 0 bridgehead atoms. The molecule has 0 unspecified atom stereocenters. The van der Waals surface area contributed by atoms with Gasteiger partial charge in [-0.15, -0.1) is 0 Å². The molecule has 4 heteroatoms. The van der Waals surface area contributed by atoms with E-state index < -0.39 is 0 Å². The summed E-state index contributed by atoms with van der Waals surface area (Å²) in [4.78, 5) is 7.64. The molecule has 2 aromatic rings. The molecule has 0 spiro atoms. The van der Waals surface area contributed by atoms with Crippen LogP contribution >= 0.6 is 0 Å². The van der Waals surface area contributed by atoms with Crippen molar-refractivity contribution in [3.63, 3.8) is 0 Å². The van der Waals surface area contributed by atoms with Gasteiger partial charge in [-0.1, -0.05) is 0 Å². The number of imidazole rings is 1. The SMILES string of the molecule is Cc1[nH]c(-c2ccc(OC(C)C)cc2)nc1CC#N. The maximum Gasteiger partial charge on any atom is 0.137 e. The van der Waals surface area contributed by atoms with Crippen molar-refractivity contribution in [2.75, 3.05) is 0 Å². The van der Waals surface area contributed by atoms with E-state index in [9.17, 15) is 0 Å². The summed E-state index contributed by atoms with van der Waals surface area (Å²) in [5.41, 5.74) is 2.74. The highest BCUT2D eigenvalue weighted by atomic mass is 16.5. The van der Waals surface area contributed by atoms with Crippen molar-refractivity contribution < 1.29 is 4.74 Å². The van der Waals surface area contributed by atoms with E-state index in [1.54, 1.807) is 0 Å². The maximum absolute atomic E-state index is 8.72. The number of aromatic nitrogens is 2. The van der Waals surface area contributed by atoms with E-state index in [1.165, 1.54) is 0 Å². The molecule has 0 radical (unpaired) electrons. The lowest BCUT2D eigenvalue weighted by atomic mass is 10.2. The van der Waals surface area contributed by atoms with Gasteiger partial charge in [-0.3, -0.25) is 0 Å². The number of aromatic amines is 1. The zero-order chi connectivity index (χ0) is 13.8. The highest BCUT2D eigenvalue weighted by Gasteiger charge is 2.08. The van der Waals surface area contributed by atoms with Gasteiger partial charge in [0, 0.05) is 11.3 Å². The highest BCUT2D eigenvalue weighted by molar-refractivity contribution is 5.57. The van der Waals surface area contributed by atoms with Gasteiger partial charge in [0.25, 0.3) is 0 Å². The lowest BCUT2D eigenvalue weighted by Gasteiger charge is -2.09. The molecule has 0 aliphatic heterocycles. The van der Waals surface area contributed by atoms with Crippen LogP contribution in [0.15, 0.2) is 24.3 Å². The van der Waals surface area contributed by atoms with Crippen molar-refractivity contribution in [2.24, 2.45) is 0 Å². The molecule has 0 fully saturated rings. The van der Waals surface area contributed by atoms with Crippen LogP contribution in [0.2, 0.25) is 0 Å². The molecular formula is C15H17N3O. The van der Waals surface area contributed by atoms with Crippen LogP contribution in [0.4, 0.5) is 0 Å². The first-order valence-electron chi connectivity index (χ1n) is 6.29. The number of hydrogen-bond acceptors (Lipinski definition) is 3. The minimum absolute atomic E-state index is 0.166. The summed E-state index contributed by atoms with van der Waals surface area (Å²) in [6.45, 7) is 5.93. The fourth-order valence-electron chi connectivity index (χ4n) is 1.84. The number of benzene rings is 1. The van der Waals surface area contributed by atoms with E-state index in [4.69, 9.17) is 10.00 Å². The zero-order valence-corrected chi connectivity index (χ0v) is 11.4. The van der Waals surface area contributed by atoms with Gasteiger partial charge < -0.3 is 9.72 Å². The molecule has 19 heavy (non-hydrogen) atoms. The summed E-state index contributed by atoms with van der Waals surface area (Å²) in [6, 6.07) is 9.90. The summed E-state index contributed by atoms with van der Waals surface area (Å²) < 4.78 is 5.60. The molecule has 0 saturated heterocycles. The number of ether oxygens (including phenoxy) is 1. The Labute approximate surface area is 113 Å². The van der Waals surface area contributed by atoms with Gasteiger partial charge in [-0.2, -0.15) is 5.26 Å². The third-order valence-corrected chi connectivity index (χ3v) is 2.73. The van der Waals surface area contributed by atoms with Gasteiger partial charge in [0.1, 0.15) is 11.6 Å². The second kappa shape index (κ2) is 5.57. The summed E-state index contributed by atoms with van der Waals surface area (Å²) >= 11 is 0. The third-order valence-electron chi connectivity index (χ3n) is 2.73. The van der Waals surface area contributed by atoms with E-state index in [0.717, 1.165) is 28.5 Å². The van der Waals surface area contributed by atoms with Crippen molar-refractivity contribution in [2.45, 2.75) is 33.3 Å². The molecule has 98 valence electrons. The Bertz CT molecular complexity index is 591. The molecule has 0 saturated carbocycles. The largest absolute Gasteiger partial charge is 0.491 e. The zero-order valence-electron chi connectivity index (χ0n) is 11.4. The Morgan fingerprint density at radius 2 is 2.00 bits per heavy atom. The van der Waals surface area contributed by atoms with E-state index in [0.29, 0.717) is 6.42 Å². The van der Waals surface area contributed by atoms with E-state index in [2.05, 4.69) is 16.0 Å². The molecule has 1 N–H and O–H groups in total. The average molecular weight is 255 g/mol. The maximum atomic E-state index is 8.72. The van der Waals surface area contributed by atoms with Crippen molar-refractivity contribution in [1.29, 1.82) is 5.26 Å². The first-order chi connectivity index (χ1) is 9.10. The predicted octanol–water partition coefficient (Wildman–Crippen LogP) is 3.24. The molecule has 2 rings (SSSR count). The van der Waals surface area contributed by atoms with Crippen LogP contribution < -0.4 is 4.74 Å². The molecule has 1 heterocycles. The van der Waals surface area contributed by atoms with Gasteiger partial charge >= 0.3 is 0 Å². The summed E-state index contributed by atoms with van der Waals surface area (Å²) in [5, 5.41) is 8.72. The number of aryl methyl sites for hydroxylation is 1. The van der Waals surface area contributed by atoms with Gasteiger partial charge in [-0.25, -0.2) is 4.98 Å². The molecule has 0 aliphatic rings. The number of rotatable bonds is 4. The number of H-pyrrole nitrogens is 1. The minimum Gasteiger partial charge on any atom is -0.491 e. The van der Waals surface area contributed by atoms with E-state index in [1.807, 2.05) is 45.0 Å². The lowest BCUT2D eigenvalue weighted by molar-refractivity contribution is 0.242. The van der Waals surface area contributed by atoms with Crippen LogP contribution in [-0.4, -0.2) is 16.1 Å². The van der Waals surface area contributed by atoms with Crippen LogP contribution in [0, 0.1) is 18.3 Å². The first-order valence-corrected chi connectivity index (χ1v) is 6.29. The topological polar surface area (TPSA) is 61.7 Å². The Morgan fingerprint density at radius 1 is 1.32 bits per heavy atom. The molecule has 4 nitrogen and oxygen atoms in total.